The lowest BCUT2D eigenvalue weighted by atomic mass is 9.70. The molecule has 4 rings (SSSR count). The Labute approximate surface area is 409 Å². The maximum atomic E-state index is 2.78. The molecule has 3 aromatic carbocycles. The highest BCUT2D eigenvalue weighted by Gasteiger charge is 2.42. The van der Waals surface area contributed by atoms with Gasteiger partial charge in [-0.2, -0.15) is 0 Å². The van der Waals surface area contributed by atoms with Gasteiger partial charge in [0.15, 0.2) is 0 Å². The van der Waals surface area contributed by atoms with E-state index >= 15 is 0 Å². The molecule has 0 aliphatic heterocycles. The van der Waals surface area contributed by atoms with Crippen LogP contribution in [0, 0.1) is 16.7 Å². The Bertz CT molecular complexity index is 1910. The molecule has 1 aliphatic rings. The standard InChI is InChI=1S/C65H99N/c1-13-22-24-26-28-30-47-65(48-31-29-27-25-23-14-2)51-53(49-59(65)50-58(32-15-3)64(12,20-8)21-9)33-34-54(17-5)56-37-43-61(44-38-56)66(60-41-35-55(36-42-60)52(10)16-4)62-45-39-57(40-46-62)63(11,18-6)19-7/h17,32-46,50,52-53H,13-16,18-31,47-49,51H2,1-12H3/b34-33-,54-17+,58-32+,59-50+. The predicted octanol–water partition coefficient (Wildman–Crippen LogP) is 21.7. The third-order valence-corrected chi connectivity index (χ3v) is 16.9. The summed E-state index contributed by atoms with van der Waals surface area (Å²) >= 11 is 0. The number of hydrogen-bond acceptors (Lipinski definition) is 1. The van der Waals surface area contributed by atoms with Crippen molar-refractivity contribution in [3.8, 4) is 0 Å². The monoisotopic (exact) mass is 894 g/mol. The molecule has 1 heteroatoms. The highest BCUT2D eigenvalue weighted by molar-refractivity contribution is 5.80. The van der Waals surface area contributed by atoms with Gasteiger partial charge in [0.1, 0.15) is 0 Å². The van der Waals surface area contributed by atoms with Gasteiger partial charge in [-0.3, -0.25) is 0 Å². The minimum Gasteiger partial charge on any atom is -0.311 e. The first kappa shape index (κ1) is 55.0. The summed E-state index contributed by atoms with van der Waals surface area (Å²) in [7, 11) is 0. The molecule has 0 bridgehead atoms. The summed E-state index contributed by atoms with van der Waals surface area (Å²) in [6.07, 6.45) is 41.4. The molecule has 1 nitrogen and oxygen atoms in total. The molecular weight excluding hydrogens is 795 g/mol. The van der Waals surface area contributed by atoms with Crippen molar-refractivity contribution in [2.75, 3.05) is 4.90 Å². The Morgan fingerprint density at radius 3 is 1.62 bits per heavy atom. The van der Waals surface area contributed by atoms with Crippen LogP contribution in [-0.2, 0) is 5.41 Å². The molecule has 2 unspecified atom stereocenters. The molecule has 66 heavy (non-hydrogen) atoms. The smallest absolute Gasteiger partial charge is 0.0462 e. The largest absolute Gasteiger partial charge is 0.311 e. The van der Waals surface area contributed by atoms with E-state index in [-0.39, 0.29) is 10.8 Å². The average Bonchev–Trinajstić information content (AvgIpc) is 3.69. The van der Waals surface area contributed by atoms with Gasteiger partial charge < -0.3 is 4.90 Å². The van der Waals surface area contributed by atoms with Gasteiger partial charge in [0, 0.05) is 17.1 Å². The first-order chi connectivity index (χ1) is 31.9. The van der Waals surface area contributed by atoms with Crippen LogP contribution < -0.4 is 4.90 Å². The molecule has 0 N–H and O–H groups in total. The second kappa shape index (κ2) is 28.0. The molecule has 3 aromatic rings. The zero-order chi connectivity index (χ0) is 48.0. The summed E-state index contributed by atoms with van der Waals surface area (Å²) in [5.74, 6) is 1.11. The Morgan fingerprint density at radius 1 is 0.652 bits per heavy atom. The van der Waals surface area contributed by atoms with Crippen LogP contribution in [0.15, 0.2) is 114 Å². The maximum absolute atomic E-state index is 2.78. The van der Waals surface area contributed by atoms with Crippen LogP contribution in [0.5, 0.6) is 0 Å². The van der Waals surface area contributed by atoms with Crippen molar-refractivity contribution in [2.45, 2.75) is 236 Å². The predicted molar refractivity (Wildman–Crippen MR) is 297 cm³/mol. The van der Waals surface area contributed by atoms with Crippen LogP contribution in [0.1, 0.15) is 247 Å². The van der Waals surface area contributed by atoms with Crippen molar-refractivity contribution in [3.63, 3.8) is 0 Å². The SMILES string of the molecule is C/C=C(\C=C/C1C/C(=C\C(=C/CC)C(C)(CC)CC)C(CCCCCCCC)(CCCCCCCC)C1)c1ccc(N(c2ccc(C(C)CC)cc2)c2ccc(C(C)(CC)CC)cc2)cc1. The summed E-state index contributed by atoms with van der Waals surface area (Å²) in [4.78, 5) is 2.44. The minimum absolute atomic E-state index is 0.194. The molecule has 1 fully saturated rings. The molecule has 0 heterocycles. The van der Waals surface area contributed by atoms with Crippen molar-refractivity contribution in [1.82, 2.24) is 0 Å². The number of unbranched alkanes of at least 4 members (excludes halogenated alkanes) is 10. The lowest BCUT2D eigenvalue weighted by Crippen LogP contribution is -2.22. The quantitative estimate of drug-likeness (QED) is 0.0476. The summed E-state index contributed by atoms with van der Waals surface area (Å²) in [5.41, 5.74) is 13.1. The summed E-state index contributed by atoms with van der Waals surface area (Å²) in [6, 6.07) is 28.1. The first-order valence-electron chi connectivity index (χ1n) is 27.8. The van der Waals surface area contributed by atoms with Crippen molar-refractivity contribution in [3.05, 3.63) is 131 Å². The van der Waals surface area contributed by atoms with Gasteiger partial charge in [-0.15, -0.1) is 0 Å². The van der Waals surface area contributed by atoms with Crippen molar-refractivity contribution in [2.24, 2.45) is 16.7 Å². The van der Waals surface area contributed by atoms with Crippen LogP contribution in [0.25, 0.3) is 5.57 Å². The van der Waals surface area contributed by atoms with Crippen LogP contribution >= 0.6 is 0 Å². The molecule has 364 valence electrons. The highest BCUT2D eigenvalue weighted by atomic mass is 15.1. The molecule has 0 radical (unpaired) electrons. The fourth-order valence-corrected chi connectivity index (χ4v) is 10.9. The van der Waals surface area contributed by atoms with Crippen molar-refractivity contribution < 1.29 is 0 Å². The highest BCUT2D eigenvalue weighted by Crippen LogP contribution is 2.55. The van der Waals surface area contributed by atoms with Crippen molar-refractivity contribution in [1.29, 1.82) is 0 Å². The summed E-state index contributed by atoms with van der Waals surface area (Å²) in [6.45, 7) is 28.2. The van der Waals surface area contributed by atoms with Gasteiger partial charge in [0.25, 0.3) is 0 Å². The number of benzene rings is 3. The number of rotatable bonds is 30. The Balaban J connectivity index is 1.69. The van der Waals surface area contributed by atoms with E-state index in [1.54, 1.807) is 11.1 Å². The van der Waals surface area contributed by atoms with Crippen LogP contribution in [0.2, 0.25) is 0 Å². The lowest BCUT2D eigenvalue weighted by Gasteiger charge is -2.35. The molecule has 2 atom stereocenters. The average molecular weight is 895 g/mol. The molecular formula is C65H99N. The Morgan fingerprint density at radius 2 is 1.15 bits per heavy atom. The summed E-state index contributed by atoms with van der Waals surface area (Å²) in [5, 5.41) is 0. The van der Waals surface area contributed by atoms with Gasteiger partial charge in [-0.25, -0.2) is 0 Å². The topological polar surface area (TPSA) is 3.24 Å². The third kappa shape index (κ3) is 15.0. The summed E-state index contributed by atoms with van der Waals surface area (Å²) < 4.78 is 0. The Kier molecular flexibility index (Phi) is 23.4. The zero-order valence-corrected chi connectivity index (χ0v) is 45.0. The molecule has 0 saturated heterocycles. The second-order valence-electron chi connectivity index (χ2n) is 21.2. The molecule has 1 aliphatic carbocycles. The van der Waals surface area contributed by atoms with E-state index in [1.165, 1.54) is 155 Å². The van der Waals surface area contributed by atoms with Gasteiger partial charge in [-0.1, -0.05) is 226 Å². The van der Waals surface area contributed by atoms with E-state index in [0.29, 0.717) is 17.3 Å². The van der Waals surface area contributed by atoms with Crippen LogP contribution in [0.3, 0.4) is 0 Å². The molecule has 0 aromatic heterocycles. The third-order valence-electron chi connectivity index (χ3n) is 16.9. The first-order valence-corrected chi connectivity index (χ1v) is 27.8. The molecule has 0 amide bonds. The van der Waals surface area contributed by atoms with Crippen LogP contribution in [-0.4, -0.2) is 0 Å². The van der Waals surface area contributed by atoms with E-state index in [9.17, 15) is 0 Å². The van der Waals surface area contributed by atoms with E-state index < -0.39 is 0 Å². The second-order valence-corrected chi connectivity index (χ2v) is 21.2. The normalized spacial score (nSPS) is 17.0. The maximum Gasteiger partial charge on any atom is 0.0462 e. The minimum atomic E-state index is 0.194. The number of nitrogens with zero attached hydrogens (tertiary/aromatic N) is 1. The molecule has 0 spiro atoms. The van der Waals surface area contributed by atoms with Gasteiger partial charge in [0.2, 0.25) is 0 Å². The van der Waals surface area contributed by atoms with E-state index in [0.717, 1.165) is 25.7 Å². The number of anilines is 3. The lowest BCUT2D eigenvalue weighted by molar-refractivity contribution is 0.272. The van der Waals surface area contributed by atoms with Gasteiger partial charge >= 0.3 is 0 Å². The van der Waals surface area contributed by atoms with E-state index in [4.69, 9.17) is 0 Å². The van der Waals surface area contributed by atoms with Crippen LogP contribution in [0.4, 0.5) is 17.1 Å². The fraction of sp³-hybridized carbons (Fsp3) is 0.600. The fourth-order valence-electron chi connectivity index (χ4n) is 10.9. The van der Waals surface area contributed by atoms with Crippen molar-refractivity contribution >= 4 is 22.6 Å². The van der Waals surface area contributed by atoms with E-state index in [1.807, 2.05) is 0 Å². The van der Waals surface area contributed by atoms with E-state index in [2.05, 4.69) is 191 Å². The number of allylic oxidation sites excluding steroid dienone is 8. The molecule has 1 saturated carbocycles. The zero-order valence-electron chi connectivity index (χ0n) is 45.0. The Hall–Kier alpha value is -3.58. The number of hydrogen-bond donors (Lipinski definition) is 0. The van der Waals surface area contributed by atoms with Gasteiger partial charge in [0.05, 0.1) is 0 Å². The van der Waals surface area contributed by atoms with Gasteiger partial charge in [-0.05, 0) is 163 Å².